The van der Waals surface area contributed by atoms with Crippen molar-refractivity contribution in [2.45, 2.75) is 77.5 Å². The van der Waals surface area contributed by atoms with Gasteiger partial charge in [-0.2, -0.15) is 0 Å². The number of benzene rings is 2. The summed E-state index contributed by atoms with van der Waals surface area (Å²) in [7, 11) is 0. The number of nitrogens with zero attached hydrogens (tertiary/aromatic N) is 1. The van der Waals surface area contributed by atoms with Crippen molar-refractivity contribution in [3.63, 3.8) is 0 Å². The Hall–Kier alpha value is -2.33. The van der Waals surface area contributed by atoms with Crippen molar-refractivity contribution in [3.05, 3.63) is 65.7 Å². The van der Waals surface area contributed by atoms with Crippen molar-refractivity contribution in [1.82, 2.24) is 10.2 Å². The summed E-state index contributed by atoms with van der Waals surface area (Å²) in [6.07, 6.45) is 2.74. The van der Waals surface area contributed by atoms with Crippen LogP contribution in [0.2, 0.25) is 0 Å². The molecule has 0 bridgehead atoms. The third kappa shape index (κ3) is 5.60. The molecule has 4 nitrogen and oxygen atoms in total. The van der Waals surface area contributed by atoms with Crippen molar-refractivity contribution in [3.8, 4) is 0 Å². The Balaban J connectivity index is 1.89. The number of aryl methyl sites for hydroxylation is 1. The van der Waals surface area contributed by atoms with E-state index in [9.17, 15) is 4.79 Å². The molecule has 0 atom stereocenters. The summed E-state index contributed by atoms with van der Waals surface area (Å²) in [5.41, 5.74) is 3.17. The molecule has 0 spiro atoms. The van der Waals surface area contributed by atoms with Gasteiger partial charge in [0.1, 0.15) is 0 Å². The van der Waals surface area contributed by atoms with Gasteiger partial charge in [0, 0.05) is 29.4 Å². The molecule has 156 valence electrons. The summed E-state index contributed by atoms with van der Waals surface area (Å²) in [6.45, 7) is 11.6. The highest BCUT2D eigenvalue weighted by Gasteiger charge is 2.41. The molecule has 2 N–H and O–H groups in total. The Morgan fingerprint density at radius 3 is 2.21 bits per heavy atom. The molecule has 0 radical (unpaired) electrons. The van der Waals surface area contributed by atoms with Gasteiger partial charge in [-0.25, -0.2) is 4.79 Å². The first-order valence-corrected chi connectivity index (χ1v) is 10.7. The van der Waals surface area contributed by atoms with Crippen LogP contribution in [0.15, 0.2) is 54.6 Å². The van der Waals surface area contributed by atoms with Gasteiger partial charge in [0.05, 0.1) is 0 Å². The van der Waals surface area contributed by atoms with E-state index in [1.807, 2.05) is 41.3 Å². The Kier molecular flexibility index (Phi) is 6.33. The molecule has 29 heavy (non-hydrogen) atoms. The van der Waals surface area contributed by atoms with E-state index in [-0.39, 0.29) is 23.2 Å². The van der Waals surface area contributed by atoms with Crippen LogP contribution in [-0.4, -0.2) is 28.1 Å². The minimum absolute atomic E-state index is 0.0201. The first-order valence-electron chi connectivity index (χ1n) is 10.7. The predicted octanol–water partition coefficient (Wildman–Crippen LogP) is 5.59. The molecule has 0 aromatic heterocycles. The number of amides is 2. The molecule has 0 saturated carbocycles. The van der Waals surface area contributed by atoms with Gasteiger partial charge in [-0.05, 0) is 64.2 Å². The van der Waals surface area contributed by atoms with Crippen molar-refractivity contribution >= 4 is 11.7 Å². The highest BCUT2D eigenvalue weighted by molar-refractivity contribution is 5.90. The van der Waals surface area contributed by atoms with E-state index in [4.69, 9.17) is 0 Å². The minimum Gasteiger partial charge on any atom is -0.317 e. The summed E-state index contributed by atoms with van der Waals surface area (Å²) in [4.78, 5) is 15.5. The smallest absolute Gasteiger partial charge is 0.317 e. The molecule has 0 aliphatic carbocycles. The van der Waals surface area contributed by atoms with E-state index in [2.05, 4.69) is 63.5 Å². The topological polar surface area (TPSA) is 44.4 Å². The number of hydrogen-bond donors (Lipinski definition) is 2. The predicted molar refractivity (Wildman–Crippen MR) is 121 cm³/mol. The van der Waals surface area contributed by atoms with Crippen LogP contribution in [0.1, 0.15) is 58.6 Å². The van der Waals surface area contributed by atoms with E-state index in [0.717, 1.165) is 36.1 Å². The van der Waals surface area contributed by atoms with Gasteiger partial charge in [0.2, 0.25) is 0 Å². The van der Waals surface area contributed by atoms with E-state index in [1.54, 1.807) is 0 Å². The van der Waals surface area contributed by atoms with Crippen LogP contribution in [0.3, 0.4) is 0 Å². The van der Waals surface area contributed by atoms with Gasteiger partial charge in [-0.1, -0.05) is 55.5 Å². The molecule has 3 rings (SSSR count). The van der Waals surface area contributed by atoms with Gasteiger partial charge in [-0.15, -0.1) is 0 Å². The van der Waals surface area contributed by atoms with Gasteiger partial charge in [0.15, 0.2) is 0 Å². The third-order valence-electron chi connectivity index (χ3n) is 5.71. The molecule has 2 aromatic carbocycles. The number of carbonyl (C=O) groups is 1. The highest BCUT2D eigenvalue weighted by Crippen LogP contribution is 2.33. The number of hydrogen-bond acceptors (Lipinski definition) is 2. The van der Waals surface area contributed by atoms with Crippen LogP contribution in [0, 0.1) is 0 Å². The molecular weight excluding hydrogens is 358 g/mol. The van der Waals surface area contributed by atoms with E-state index < -0.39 is 0 Å². The lowest BCUT2D eigenvalue weighted by Crippen LogP contribution is -2.63. The summed E-state index contributed by atoms with van der Waals surface area (Å²) < 4.78 is 0. The number of piperidine rings is 1. The molecule has 1 saturated heterocycles. The second-order valence-corrected chi connectivity index (χ2v) is 9.51. The molecule has 4 heteroatoms. The first kappa shape index (κ1) is 21.4. The van der Waals surface area contributed by atoms with E-state index in [0.29, 0.717) is 6.54 Å². The van der Waals surface area contributed by atoms with Gasteiger partial charge >= 0.3 is 6.03 Å². The molecule has 1 aliphatic heterocycles. The van der Waals surface area contributed by atoms with Crippen LogP contribution in [0.4, 0.5) is 10.5 Å². The normalized spacial score (nSPS) is 18.2. The monoisotopic (exact) mass is 393 g/mol. The van der Waals surface area contributed by atoms with Gasteiger partial charge < -0.3 is 15.5 Å². The largest absolute Gasteiger partial charge is 0.322 e. The second-order valence-electron chi connectivity index (χ2n) is 9.51. The van der Waals surface area contributed by atoms with Gasteiger partial charge in [-0.3, -0.25) is 0 Å². The molecular formula is C25H35N3O. The Morgan fingerprint density at radius 2 is 1.59 bits per heavy atom. The van der Waals surface area contributed by atoms with Crippen LogP contribution >= 0.6 is 0 Å². The van der Waals surface area contributed by atoms with Crippen molar-refractivity contribution < 1.29 is 4.79 Å². The molecule has 1 heterocycles. The standard InChI is InChI=1S/C25H35N3O/c1-6-20-14-10-11-15-22(20)26-23(29)28(18-19-12-8-7-9-13-19)21-16-24(2,3)27-25(4,5)17-21/h7-15,21,27H,6,16-18H2,1-5H3,(H,26,29). The lowest BCUT2D eigenvalue weighted by atomic mass is 9.79. The average molecular weight is 394 g/mol. The maximum absolute atomic E-state index is 13.5. The molecule has 2 aromatic rings. The fourth-order valence-electron chi connectivity index (χ4n) is 4.77. The second kappa shape index (κ2) is 8.58. The lowest BCUT2D eigenvalue weighted by molar-refractivity contribution is 0.0835. The van der Waals surface area contributed by atoms with Crippen LogP contribution in [0.5, 0.6) is 0 Å². The maximum Gasteiger partial charge on any atom is 0.322 e. The quantitative estimate of drug-likeness (QED) is 0.695. The number of carbonyl (C=O) groups excluding carboxylic acids is 1. The van der Waals surface area contributed by atoms with Gasteiger partial charge in [0.25, 0.3) is 0 Å². The summed E-state index contributed by atoms with van der Waals surface area (Å²) in [5, 5.41) is 6.93. The lowest BCUT2D eigenvalue weighted by Gasteiger charge is -2.49. The number of nitrogens with one attached hydrogen (secondary N) is 2. The summed E-state index contributed by atoms with van der Waals surface area (Å²) in [6, 6.07) is 18.5. The molecule has 1 fully saturated rings. The zero-order valence-electron chi connectivity index (χ0n) is 18.5. The molecule has 0 unspecified atom stereocenters. The van der Waals surface area contributed by atoms with Crippen LogP contribution in [-0.2, 0) is 13.0 Å². The van der Waals surface area contributed by atoms with Crippen LogP contribution < -0.4 is 10.6 Å². The molecule has 1 aliphatic rings. The SMILES string of the molecule is CCc1ccccc1NC(=O)N(Cc1ccccc1)C1CC(C)(C)NC(C)(C)C1. The maximum atomic E-state index is 13.5. The van der Waals surface area contributed by atoms with Crippen molar-refractivity contribution in [2.24, 2.45) is 0 Å². The zero-order chi connectivity index (χ0) is 21.1. The Labute approximate surface area is 175 Å². The number of para-hydroxylation sites is 1. The zero-order valence-corrected chi connectivity index (χ0v) is 18.5. The Morgan fingerprint density at radius 1 is 1.00 bits per heavy atom. The number of rotatable bonds is 5. The van der Waals surface area contributed by atoms with Crippen molar-refractivity contribution in [2.75, 3.05) is 5.32 Å². The number of urea groups is 1. The molecule has 2 amide bonds. The minimum atomic E-state index is -0.0248. The van der Waals surface area contributed by atoms with E-state index >= 15 is 0 Å². The highest BCUT2D eigenvalue weighted by atomic mass is 16.2. The Bertz CT molecular complexity index is 813. The summed E-state index contributed by atoms with van der Waals surface area (Å²) in [5.74, 6) is 0. The van der Waals surface area contributed by atoms with Crippen molar-refractivity contribution in [1.29, 1.82) is 0 Å². The fraction of sp³-hybridized carbons (Fsp3) is 0.480. The fourth-order valence-corrected chi connectivity index (χ4v) is 4.77. The third-order valence-corrected chi connectivity index (χ3v) is 5.71. The van der Waals surface area contributed by atoms with Crippen LogP contribution in [0.25, 0.3) is 0 Å². The first-order chi connectivity index (χ1) is 13.7. The average Bonchev–Trinajstić information content (AvgIpc) is 2.64. The van der Waals surface area contributed by atoms with E-state index in [1.165, 1.54) is 0 Å². The summed E-state index contributed by atoms with van der Waals surface area (Å²) >= 11 is 0. The number of anilines is 1.